The van der Waals surface area contributed by atoms with E-state index in [2.05, 4.69) is 22.8 Å². The van der Waals surface area contributed by atoms with Crippen molar-refractivity contribution in [2.45, 2.75) is 6.54 Å². The molecule has 0 fully saturated rings. The molecule has 2 aromatic carbocycles. The standard InChI is InChI=1S/C16H11NO/c18-10-14-13-7-3-4-8-15(13)17-9-11-5-1-2-6-12(11)16(14)17/h1-8,10H,9H2. The van der Waals surface area contributed by atoms with Crippen molar-refractivity contribution in [3.05, 3.63) is 59.7 Å². The van der Waals surface area contributed by atoms with Gasteiger partial charge in [0.05, 0.1) is 5.69 Å². The quantitative estimate of drug-likeness (QED) is 0.461. The highest BCUT2D eigenvalue weighted by Crippen LogP contribution is 2.39. The van der Waals surface area contributed by atoms with Crippen LogP contribution in [0.2, 0.25) is 0 Å². The number of carbonyl (C=O) groups excluding carboxylic acids is 1. The number of para-hydroxylation sites is 1. The number of hydrogen-bond acceptors (Lipinski definition) is 1. The van der Waals surface area contributed by atoms with E-state index < -0.39 is 0 Å². The predicted octanol–water partition coefficient (Wildman–Crippen LogP) is 3.48. The molecule has 0 bridgehead atoms. The second-order valence-electron chi connectivity index (χ2n) is 4.64. The van der Waals surface area contributed by atoms with Gasteiger partial charge in [0.15, 0.2) is 6.29 Å². The minimum atomic E-state index is 0.815. The number of carbonyl (C=O) groups is 1. The van der Waals surface area contributed by atoms with Crippen LogP contribution >= 0.6 is 0 Å². The summed E-state index contributed by atoms with van der Waals surface area (Å²) < 4.78 is 2.24. The van der Waals surface area contributed by atoms with Gasteiger partial charge in [-0.25, -0.2) is 0 Å². The Morgan fingerprint density at radius 3 is 2.67 bits per heavy atom. The number of fused-ring (bicyclic) bond motifs is 5. The van der Waals surface area contributed by atoms with E-state index in [0.29, 0.717) is 0 Å². The summed E-state index contributed by atoms with van der Waals surface area (Å²) in [6.07, 6.45) is 0.982. The van der Waals surface area contributed by atoms with Gasteiger partial charge in [0.1, 0.15) is 0 Å². The molecule has 0 spiro atoms. The highest BCUT2D eigenvalue weighted by molar-refractivity contribution is 6.06. The first kappa shape index (κ1) is 9.66. The molecule has 86 valence electrons. The molecule has 3 aromatic rings. The van der Waals surface area contributed by atoms with Crippen LogP contribution in [0, 0.1) is 0 Å². The van der Waals surface area contributed by atoms with E-state index in [1.807, 2.05) is 30.3 Å². The van der Waals surface area contributed by atoms with Gasteiger partial charge >= 0.3 is 0 Å². The Labute approximate surface area is 104 Å². The third-order valence-electron chi connectivity index (χ3n) is 3.73. The Morgan fingerprint density at radius 1 is 1.00 bits per heavy atom. The van der Waals surface area contributed by atoms with Crippen LogP contribution in [0.25, 0.3) is 22.2 Å². The molecule has 0 radical (unpaired) electrons. The van der Waals surface area contributed by atoms with E-state index in [4.69, 9.17) is 0 Å². The maximum atomic E-state index is 11.4. The molecule has 18 heavy (non-hydrogen) atoms. The van der Waals surface area contributed by atoms with Crippen molar-refractivity contribution >= 4 is 17.2 Å². The number of aldehydes is 1. The zero-order chi connectivity index (χ0) is 12.1. The Morgan fingerprint density at radius 2 is 1.78 bits per heavy atom. The monoisotopic (exact) mass is 233 g/mol. The molecule has 0 saturated carbocycles. The lowest BCUT2D eigenvalue weighted by atomic mass is 10.0. The molecular weight excluding hydrogens is 222 g/mol. The molecule has 0 aliphatic carbocycles. The third kappa shape index (κ3) is 1.05. The molecule has 0 unspecified atom stereocenters. The lowest BCUT2D eigenvalue weighted by Crippen LogP contribution is -1.91. The first-order chi connectivity index (χ1) is 8.90. The van der Waals surface area contributed by atoms with Gasteiger partial charge in [0.2, 0.25) is 0 Å². The SMILES string of the molecule is O=Cc1c2n(c3ccccc13)Cc1ccccc1-2. The van der Waals surface area contributed by atoms with Crippen molar-refractivity contribution in [2.75, 3.05) is 0 Å². The van der Waals surface area contributed by atoms with E-state index in [1.54, 1.807) is 0 Å². The minimum absolute atomic E-state index is 0.815. The van der Waals surface area contributed by atoms with Crippen molar-refractivity contribution in [1.29, 1.82) is 0 Å². The van der Waals surface area contributed by atoms with Crippen LogP contribution in [0.15, 0.2) is 48.5 Å². The van der Waals surface area contributed by atoms with Crippen LogP contribution in [0.4, 0.5) is 0 Å². The molecular formula is C16H11NO. The van der Waals surface area contributed by atoms with Crippen LogP contribution in [-0.4, -0.2) is 10.9 Å². The summed E-state index contributed by atoms with van der Waals surface area (Å²) in [5, 5.41) is 1.05. The summed E-state index contributed by atoms with van der Waals surface area (Å²) >= 11 is 0. The van der Waals surface area contributed by atoms with Crippen LogP contribution < -0.4 is 0 Å². The lowest BCUT2D eigenvalue weighted by molar-refractivity contribution is 0.112. The average Bonchev–Trinajstić information content (AvgIpc) is 2.93. The van der Waals surface area contributed by atoms with Gasteiger partial charge in [-0.15, -0.1) is 0 Å². The molecule has 1 aliphatic rings. The Bertz CT molecular complexity index is 783. The number of hydrogen-bond donors (Lipinski definition) is 0. The molecule has 0 saturated heterocycles. The van der Waals surface area contributed by atoms with Gasteiger partial charge < -0.3 is 4.57 Å². The Kier molecular flexibility index (Phi) is 1.78. The first-order valence-electron chi connectivity index (χ1n) is 6.05. The number of nitrogens with zero attached hydrogens (tertiary/aromatic N) is 1. The lowest BCUT2D eigenvalue weighted by Gasteiger charge is -1.99. The van der Waals surface area contributed by atoms with Crippen LogP contribution in [0.3, 0.4) is 0 Å². The van der Waals surface area contributed by atoms with E-state index in [9.17, 15) is 4.79 Å². The van der Waals surface area contributed by atoms with Crippen molar-refractivity contribution in [1.82, 2.24) is 4.57 Å². The molecule has 0 amide bonds. The summed E-state index contributed by atoms with van der Waals surface area (Å²) in [5.74, 6) is 0. The number of rotatable bonds is 1. The Hall–Kier alpha value is -2.35. The van der Waals surface area contributed by atoms with Gasteiger partial charge in [-0.3, -0.25) is 4.79 Å². The van der Waals surface area contributed by atoms with Gasteiger partial charge in [-0.1, -0.05) is 42.5 Å². The molecule has 0 N–H and O–H groups in total. The topological polar surface area (TPSA) is 22.0 Å². The summed E-state index contributed by atoms with van der Waals surface area (Å²) in [6.45, 7) is 0.861. The zero-order valence-electron chi connectivity index (χ0n) is 9.76. The minimum Gasteiger partial charge on any atom is -0.335 e. The molecule has 0 atom stereocenters. The highest BCUT2D eigenvalue weighted by atomic mass is 16.1. The van der Waals surface area contributed by atoms with E-state index in [1.165, 1.54) is 11.1 Å². The van der Waals surface area contributed by atoms with Crippen LogP contribution in [0.5, 0.6) is 0 Å². The summed E-state index contributed by atoms with van der Waals surface area (Å²) in [6, 6.07) is 16.4. The second-order valence-corrected chi connectivity index (χ2v) is 4.64. The fraction of sp³-hybridized carbons (Fsp3) is 0.0625. The molecule has 2 heterocycles. The largest absolute Gasteiger partial charge is 0.335 e. The summed E-state index contributed by atoms with van der Waals surface area (Å²) in [5.41, 5.74) is 5.51. The average molecular weight is 233 g/mol. The molecule has 1 aromatic heterocycles. The van der Waals surface area contributed by atoms with E-state index in [-0.39, 0.29) is 0 Å². The zero-order valence-corrected chi connectivity index (χ0v) is 9.76. The smallest absolute Gasteiger partial charge is 0.152 e. The number of benzene rings is 2. The summed E-state index contributed by atoms with van der Waals surface area (Å²) in [7, 11) is 0. The number of aromatic nitrogens is 1. The van der Waals surface area contributed by atoms with Crippen LogP contribution in [0.1, 0.15) is 15.9 Å². The van der Waals surface area contributed by atoms with Gasteiger partial charge in [-0.05, 0) is 11.6 Å². The summed E-state index contributed by atoms with van der Waals surface area (Å²) in [4.78, 5) is 11.4. The van der Waals surface area contributed by atoms with Gasteiger partial charge in [0.25, 0.3) is 0 Å². The third-order valence-corrected chi connectivity index (χ3v) is 3.73. The maximum Gasteiger partial charge on any atom is 0.152 e. The predicted molar refractivity (Wildman–Crippen MR) is 71.9 cm³/mol. The fourth-order valence-electron chi connectivity index (χ4n) is 2.96. The van der Waals surface area contributed by atoms with Gasteiger partial charge in [-0.2, -0.15) is 0 Å². The fourth-order valence-corrected chi connectivity index (χ4v) is 2.96. The van der Waals surface area contributed by atoms with Crippen molar-refractivity contribution in [2.24, 2.45) is 0 Å². The molecule has 1 aliphatic heterocycles. The first-order valence-corrected chi connectivity index (χ1v) is 6.05. The highest BCUT2D eigenvalue weighted by Gasteiger charge is 2.24. The molecule has 4 rings (SSSR count). The maximum absolute atomic E-state index is 11.4. The molecule has 2 heteroatoms. The second kappa shape index (κ2) is 3.33. The van der Waals surface area contributed by atoms with Gasteiger partial charge in [0, 0.05) is 28.6 Å². The Balaban J connectivity index is 2.19. The van der Waals surface area contributed by atoms with E-state index >= 15 is 0 Å². The van der Waals surface area contributed by atoms with Crippen molar-refractivity contribution in [3.63, 3.8) is 0 Å². The van der Waals surface area contributed by atoms with E-state index in [0.717, 1.165) is 35.0 Å². The molecule has 2 nitrogen and oxygen atoms in total. The van der Waals surface area contributed by atoms with Crippen molar-refractivity contribution < 1.29 is 4.79 Å². The van der Waals surface area contributed by atoms with Crippen molar-refractivity contribution in [3.8, 4) is 11.3 Å². The normalized spacial score (nSPS) is 12.4. The van der Waals surface area contributed by atoms with Crippen LogP contribution in [-0.2, 0) is 6.54 Å².